The summed E-state index contributed by atoms with van der Waals surface area (Å²) in [5.74, 6) is -20.0. The van der Waals surface area contributed by atoms with E-state index in [4.69, 9.17) is 45.2 Å². The highest BCUT2D eigenvalue weighted by atomic mass is 16.4. The fourth-order valence-electron chi connectivity index (χ4n) is 17.2. The number of carbonyl (C=O) groups excluding carboxylic acids is 17. The average molecular weight is 2120 g/mol. The molecule has 15 atom stereocenters. The molecular weight excluding hydrogens is 1950 g/mol. The van der Waals surface area contributed by atoms with Crippen molar-refractivity contribution in [2.75, 3.05) is 58.9 Å². The Bertz CT molecular complexity index is 4690. The predicted octanol–water partition coefficient (Wildman–Crippen LogP) is -2.42. The first-order chi connectivity index (χ1) is 71.4. The van der Waals surface area contributed by atoms with E-state index in [1.54, 1.807) is 13.8 Å². The highest BCUT2D eigenvalue weighted by Gasteiger charge is 2.45. The van der Waals surface area contributed by atoms with Crippen LogP contribution in [0.1, 0.15) is 270 Å². The molecule has 2 aromatic rings. The topological polar surface area (TPSA) is 828 Å². The molecule has 2 aliphatic rings. The number of hydrogen-bond acceptors (Lipinski definition) is 27. The first-order valence-electron chi connectivity index (χ1n) is 52.4. The third kappa shape index (κ3) is 50.6. The Morgan fingerprint density at radius 1 is 0.373 bits per heavy atom. The molecule has 2 aliphatic heterocycles. The SMILES string of the molecule is CCCCCCCCCCCCCCCC(=O)NCC(=O)NCC(=O)N[C@@H](Cc1ccc(O)cc1)C(=O)N[C@@H](CCC(N)=O)C(=O)N[C@@H](CCCCN)C(=O)N[C@@H](CCCCN)C(=O)N1CCC[C@@H]1C(=O)N[C@@H](CCCNC(=N)N)C(=O)N1CCC[C@@H]1C(=O)N[C@@H](C)C(=O)N[C@H](C(=O)N[C@@H](CC(=O)O)C(=O)N[C@@H](CCCCN)C(=O)N[C@@H](Cc1ccc(O)cc1)C(=O)N[C@@H](CCCNC(=N)N)C(=O)N[C@@H](CC(C)C)C(=O)O)[C@@H](C)O. The maximum absolute atomic E-state index is 15.2. The smallest absolute Gasteiger partial charge is 0.326 e. The lowest BCUT2D eigenvalue weighted by molar-refractivity contribution is -0.145. The highest BCUT2D eigenvalue weighted by Crippen LogP contribution is 2.26. The number of likely N-dealkylation sites (tertiary alicyclic amines) is 2. The zero-order chi connectivity index (χ0) is 111. The molecule has 2 saturated heterocycles. The predicted molar refractivity (Wildman–Crippen MR) is 555 cm³/mol. The van der Waals surface area contributed by atoms with Crippen molar-refractivity contribution >= 4 is 124 Å². The molecule has 50 nitrogen and oxygen atoms in total. The van der Waals surface area contributed by atoms with Crippen molar-refractivity contribution in [1.82, 2.24) is 94.9 Å². The second kappa shape index (κ2) is 71.1. The molecule has 0 aromatic heterocycles. The van der Waals surface area contributed by atoms with Gasteiger partial charge >= 0.3 is 11.9 Å². The Labute approximate surface area is 875 Å². The molecule has 0 aliphatic carbocycles. The van der Waals surface area contributed by atoms with Crippen LogP contribution < -0.4 is 119 Å². The van der Waals surface area contributed by atoms with Crippen molar-refractivity contribution in [3.8, 4) is 11.5 Å². The number of carboxylic acids is 2. The largest absolute Gasteiger partial charge is 0.508 e. The van der Waals surface area contributed by atoms with Crippen LogP contribution in [-0.2, 0) is 104 Å². The summed E-state index contributed by atoms with van der Waals surface area (Å²) in [5, 5.41) is 107. The van der Waals surface area contributed by atoms with Gasteiger partial charge in [-0.05, 0) is 203 Å². The van der Waals surface area contributed by atoms with Crippen LogP contribution >= 0.6 is 0 Å². The highest BCUT2D eigenvalue weighted by molar-refractivity contribution is 6.02. The molecule has 17 amide bonds. The van der Waals surface area contributed by atoms with Crippen molar-refractivity contribution in [1.29, 1.82) is 10.8 Å². The van der Waals surface area contributed by atoms with Gasteiger partial charge in [-0.1, -0.05) is 122 Å². The van der Waals surface area contributed by atoms with E-state index < -0.39 is 241 Å². The lowest BCUT2D eigenvalue weighted by atomic mass is 10.0. The summed E-state index contributed by atoms with van der Waals surface area (Å²) in [6.07, 6.45) is 11.9. The molecule has 2 heterocycles. The number of nitrogens with two attached hydrogens (primary N) is 6. The van der Waals surface area contributed by atoms with Gasteiger partial charge < -0.3 is 155 Å². The quantitative estimate of drug-likeness (QED) is 0.0186. The number of amides is 17. The number of guanidine groups is 2. The van der Waals surface area contributed by atoms with E-state index in [1.165, 1.54) is 117 Å². The number of phenols is 2. The van der Waals surface area contributed by atoms with Crippen LogP contribution in [-0.4, -0.2) is 309 Å². The first-order valence-corrected chi connectivity index (χ1v) is 52.4. The summed E-state index contributed by atoms with van der Waals surface area (Å²) in [6, 6.07) is -10.8. The van der Waals surface area contributed by atoms with Gasteiger partial charge in [0, 0.05) is 51.9 Å². The molecule has 0 radical (unpaired) electrons. The summed E-state index contributed by atoms with van der Waals surface area (Å²) < 4.78 is 0. The van der Waals surface area contributed by atoms with Crippen molar-refractivity contribution in [3.05, 3.63) is 59.7 Å². The monoisotopic (exact) mass is 2120 g/mol. The first kappa shape index (κ1) is 129. The van der Waals surface area contributed by atoms with E-state index in [2.05, 4.69) is 92.0 Å². The molecule has 2 aromatic carbocycles. The number of carbonyl (C=O) groups is 19. The number of aliphatic hydroxyl groups excluding tert-OH is 1. The molecule has 4 rings (SSSR count). The summed E-state index contributed by atoms with van der Waals surface area (Å²) in [7, 11) is 0. The summed E-state index contributed by atoms with van der Waals surface area (Å²) >= 11 is 0. The van der Waals surface area contributed by atoms with Crippen LogP contribution in [0.2, 0.25) is 0 Å². The number of benzene rings is 2. The molecule has 150 heavy (non-hydrogen) atoms. The minimum absolute atomic E-state index is 0.00147. The Kier molecular flexibility index (Phi) is 61.0. The van der Waals surface area contributed by atoms with Gasteiger partial charge in [-0.3, -0.25) is 97.1 Å². The fraction of sp³-hybridized carbons (Fsp3) is 0.670. The van der Waals surface area contributed by atoms with E-state index in [-0.39, 0.29) is 191 Å². The maximum atomic E-state index is 15.2. The van der Waals surface area contributed by atoms with Gasteiger partial charge in [0.2, 0.25) is 100 Å². The van der Waals surface area contributed by atoms with Gasteiger partial charge in [0.1, 0.15) is 96.1 Å². The standard InChI is InChI=1S/C100H166N26O24/c1-6-7-8-9-10-11-12-13-14-15-16-17-18-36-80(131)111-58-81(132)112-59-82(133)114-73(55-63-37-41-65(128)42-38-63)90(141)118-70(45-46-79(104)130)89(140)115-67(29-19-22-47-101)86(137)119-71(31-21-24-49-103)96(147)126-53-28-35-78(126)94(145)120-72(33-26-51-110-100(107)108)97(148)125-52-27-34-77(125)93(144)113-61(4)85(136)124-84(62(5)127)95(146)122-75(57-83(134)135)92(143)116-68(30-20-23-48-102)87(138)121-74(56-64-39-43-66(129)44-40-64)91(142)117-69(32-25-50-109-99(105)106)88(139)123-76(98(149)150)54-60(2)3/h37-44,60-62,67-78,84,127-129H,6-36,45-59,101-103H2,1-5H3,(H2,104,130)(H,111,131)(H,112,132)(H,113,144)(H,114,133)(H,115,140)(H,116,143)(H,117,142)(H,118,141)(H,119,137)(H,120,145)(H,121,138)(H,122,146)(H,123,139)(H,124,136)(H,134,135)(H,149,150)(H4,105,106,109)(H4,107,108,110)/t61-,62+,67-,68-,69-,70-,71-,72-,73-,74-,75-,76-,77+,78+,84-/m0/s1. The molecule has 0 saturated carbocycles. The lowest BCUT2D eigenvalue weighted by Crippen LogP contribution is -2.62. The summed E-state index contributed by atoms with van der Waals surface area (Å²) in [6.45, 7) is 7.15. The number of aliphatic hydroxyl groups is 1. The number of phenolic OH excluding ortho intramolecular Hbond substituents is 2. The van der Waals surface area contributed by atoms with E-state index >= 15 is 9.59 Å². The molecule has 0 spiro atoms. The molecule has 0 unspecified atom stereocenters. The van der Waals surface area contributed by atoms with Crippen molar-refractivity contribution in [2.45, 2.75) is 363 Å². The van der Waals surface area contributed by atoms with Crippen LogP contribution in [0.3, 0.4) is 0 Å². The second-order valence-electron chi connectivity index (χ2n) is 38.7. The molecule has 0 bridgehead atoms. The normalized spacial score (nSPS) is 15.8. The zero-order valence-corrected chi connectivity index (χ0v) is 87.2. The second-order valence-corrected chi connectivity index (χ2v) is 38.7. The summed E-state index contributed by atoms with van der Waals surface area (Å²) in [4.78, 5) is 268. The van der Waals surface area contributed by atoms with Crippen LogP contribution in [0, 0.1) is 16.7 Å². The van der Waals surface area contributed by atoms with Crippen LogP contribution in [0.15, 0.2) is 48.5 Å². The maximum Gasteiger partial charge on any atom is 0.326 e. The van der Waals surface area contributed by atoms with E-state index in [9.17, 15) is 107 Å². The number of hydrogen-bond donors (Lipinski definition) is 29. The van der Waals surface area contributed by atoms with Crippen molar-refractivity contribution in [3.63, 3.8) is 0 Å². The number of primary amides is 1. The number of aromatic hydroxyl groups is 2. The van der Waals surface area contributed by atoms with Gasteiger partial charge in [0.15, 0.2) is 11.9 Å². The van der Waals surface area contributed by atoms with E-state index in [1.807, 2.05) is 0 Å². The van der Waals surface area contributed by atoms with Gasteiger partial charge in [-0.2, -0.15) is 0 Å². The van der Waals surface area contributed by atoms with E-state index in [0.717, 1.165) is 32.6 Å². The van der Waals surface area contributed by atoms with Crippen LogP contribution in [0.4, 0.5) is 0 Å². The lowest BCUT2D eigenvalue weighted by Gasteiger charge is -2.32. The van der Waals surface area contributed by atoms with Crippen molar-refractivity contribution in [2.24, 2.45) is 40.3 Å². The average Bonchev–Trinajstić information content (AvgIpc) is 1.66. The number of nitrogens with one attached hydrogen (secondary N) is 18. The number of carboxylic acid groups (broad SMARTS) is 2. The van der Waals surface area contributed by atoms with E-state index in [0.29, 0.717) is 30.4 Å². The number of rotatable bonds is 76. The molecule has 840 valence electrons. The molecule has 2 fully saturated rings. The fourth-order valence-corrected chi connectivity index (χ4v) is 17.2. The Morgan fingerprint density at radius 2 is 0.733 bits per heavy atom. The Morgan fingerprint density at radius 3 is 1.15 bits per heavy atom. The zero-order valence-electron chi connectivity index (χ0n) is 87.2. The molecule has 50 heteroatoms. The Balaban J connectivity index is 1.53. The third-order valence-electron chi connectivity index (χ3n) is 25.5. The van der Waals surface area contributed by atoms with Gasteiger partial charge in [0.05, 0.1) is 25.6 Å². The Hall–Kier alpha value is -13.6. The minimum Gasteiger partial charge on any atom is -0.508 e. The van der Waals surface area contributed by atoms with Gasteiger partial charge in [-0.25, -0.2) is 4.79 Å². The van der Waals surface area contributed by atoms with Crippen LogP contribution in [0.25, 0.3) is 0 Å². The molecular formula is C100H166N26O24. The van der Waals surface area contributed by atoms with Gasteiger partial charge in [0.25, 0.3) is 0 Å². The summed E-state index contributed by atoms with van der Waals surface area (Å²) in [5.41, 5.74) is 35.0. The van der Waals surface area contributed by atoms with Gasteiger partial charge in [-0.15, -0.1) is 0 Å². The number of aliphatic carboxylic acids is 2. The third-order valence-corrected chi connectivity index (χ3v) is 25.5. The number of unbranched alkanes of at least 4 members (excludes halogenated alkanes) is 15. The van der Waals surface area contributed by atoms with Crippen LogP contribution in [0.5, 0.6) is 11.5 Å². The number of nitrogens with zero attached hydrogens (tertiary/aromatic N) is 2. The van der Waals surface area contributed by atoms with Crippen molar-refractivity contribution < 1.29 is 117 Å². The molecule has 35 N–H and O–H groups in total. The minimum atomic E-state index is -2.08.